The largest absolute Gasteiger partial charge is 0.417 e. The molecule has 0 unspecified atom stereocenters. The SMILES string of the molecule is O=C(NCCc1ccc2[nH]c(=O)oc2c1)C1CNC1. The molecule has 2 heterocycles. The molecule has 0 saturated carbocycles. The third kappa shape index (κ3) is 2.53. The third-order valence-electron chi connectivity index (χ3n) is 3.35. The zero-order valence-electron chi connectivity index (χ0n) is 10.4. The first-order valence-corrected chi connectivity index (χ1v) is 6.32. The number of benzene rings is 1. The highest BCUT2D eigenvalue weighted by Crippen LogP contribution is 2.12. The van der Waals surface area contributed by atoms with Gasteiger partial charge >= 0.3 is 5.76 Å². The normalized spacial score (nSPS) is 15.4. The second-order valence-electron chi connectivity index (χ2n) is 4.74. The van der Waals surface area contributed by atoms with Crippen LogP contribution in [0, 0.1) is 5.92 Å². The van der Waals surface area contributed by atoms with E-state index in [9.17, 15) is 9.59 Å². The molecule has 19 heavy (non-hydrogen) atoms. The molecule has 1 saturated heterocycles. The zero-order chi connectivity index (χ0) is 13.2. The topological polar surface area (TPSA) is 87.1 Å². The smallest absolute Gasteiger partial charge is 0.408 e. The summed E-state index contributed by atoms with van der Waals surface area (Å²) in [6.07, 6.45) is 0.719. The van der Waals surface area contributed by atoms with Gasteiger partial charge in [0.15, 0.2) is 5.58 Å². The number of hydrogen-bond donors (Lipinski definition) is 3. The van der Waals surface area contributed by atoms with Crippen molar-refractivity contribution in [3.05, 3.63) is 34.3 Å². The number of hydrogen-bond acceptors (Lipinski definition) is 4. The molecule has 0 spiro atoms. The average Bonchev–Trinajstić information content (AvgIpc) is 2.66. The van der Waals surface area contributed by atoms with Gasteiger partial charge in [-0.15, -0.1) is 0 Å². The molecule has 6 heteroatoms. The van der Waals surface area contributed by atoms with Gasteiger partial charge in [0.1, 0.15) is 0 Å². The van der Waals surface area contributed by atoms with Crippen molar-refractivity contribution in [1.82, 2.24) is 15.6 Å². The number of aromatic amines is 1. The first-order chi connectivity index (χ1) is 9.22. The van der Waals surface area contributed by atoms with Crippen molar-refractivity contribution >= 4 is 17.0 Å². The number of oxazole rings is 1. The van der Waals surface area contributed by atoms with Gasteiger partial charge in [0.05, 0.1) is 11.4 Å². The summed E-state index contributed by atoms with van der Waals surface area (Å²) in [7, 11) is 0. The molecule has 0 aliphatic carbocycles. The van der Waals surface area contributed by atoms with Crippen LogP contribution in [0.1, 0.15) is 5.56 Å². The minimum absolute atomic E-state index is 0.105. The Morgan fingerprint density at radius 3 is 3.00 bits per heavy atom. The molecule has 100 valence electrons. The first-order valence-electron chi connectivity index (χ1n) is 6.32. The van der Waals surface area contributed by atoms with E-state index in [2.05, 4.69) is 15.6 Å². The number of amides is 1. The van der Waals surface area contributed by atoms with Crippen molar-refractivity contribution in [2.75, 3.05) is 19.6 Å². The molecule has 6 nitrogen and oxygen atoms in total. The predicted molar refractivity (Wildman–Crippen MR) is 69.9 cm³/mol. The minimum Gasteiger partial charge on any atom is -0.408 e. The van der Waals surface area contributed by atoms with E-state index in [1.807, 2.05) is 18.2 Å². The fourth-order valence-corrected chi connectivity index (χ4v) is 2.09. The van der Waals surface area contributed by atoms with Gasteiger partial charge in [0.2, 0.25) is 5.91 Å². The van der Waals surface area contributed by atoms with Crippen LogP contribution in [0.5, 0.6) is 0 Å². The molecule has 1 fully saturated rings. The summed E-state index contributed by atoms with van der Waals surface area (Å²) in [5, 5.41) is 5.97. The number of nitrogens with one attached hydrogen (secondary N) is 3. The molecule has 0 bridgehead atoms. The van der Waals surface area contributed by atoms with Gasteiger partial charge in [-0.3, -0.25) is 9.78 Å². The van der Waals surface area contributed by atoms with Gasteiger partial charge < -0.3 is 15.1 Å². The van der Waals surface area contributed by atoms with Gasteiger partial charge in [-0.05, 0) is 24.1 Å². The second kappa shape index (κ2) is 4.89. The van der Waals surface area contributed by atoms with Gasteiger partial charge in [-0.2, -0.15) is 0 Å². The van der Waals surface area contributed by atoms with Crippen molar-refractivity contribution in [2.45, 2.75) is 6.42 Å². The van der Waals surface area contributed by atoms with E-state index in [1.54, 1.807) is 0 Å². The van der Waals surface area contributed by atoms with Gasteiger partial charge in [0, 0.05) is 19.6 Å². The van der Waals surface area contributed by atoms with Gasteiger partial charge in [-0.1, -0.05) is 6.07 Å². The fourth-order valence-electron chi connectivity index (χ4n) is 2.09. The van der Waals surface area contributed by atoms with Crippen molar-refractivity contribution in [3.63, 3.8) is 0 Å². The highest BCUT2D eigenvalue weighted by Gasteiger charge is 2.24. The van der Waals surface area contributed by atoms with Crippen LogP contribution in [-0.4, -0.2) is 30.5 Å². The third-order valence-corrected chi connectivity index (χ3v) is 3.35. The van der Waals surface area contributed by atoms with E-state index in [4.69, 9.17) is 4.42 Å². The lowest BCUT2D eigenvalue weighted by molar-refractivity contribution is -0.126. The quantitative estimate of drug-likeness (QED) is 0.723. The van der Waals surface area contributed by atoms with Crippen molar-refractivity contribution in [2.24, 2.45) is 5.92 Å². The van der Waals surface area contributed by atoms with Crippen molar-refractivity contribution < 1.29 is 9.21 Å². The fraction of sp³-hybridized carbons (Fsp3) is 0.385. The van der Waals surface area contributed by atoms with Gasteiger partial charge in [0.25, 0.3) is 0 Å². The Bertz CT molecular complexity index is 654. The molecular formula is C13H15N3O3. The van der Waals surface area contributed by atoms with Crippen LogP contribution in [0.15, 0.2) is 27.4 Å². The lowest BCUT2D eigenvalue weighted by atomic mass is 10.0. The summed E-state index contributed by atoms with van der Waals surface area (Å²) in [6.45, 7) is 2.13. The standard InChI is InChI=1S/C13H15N3O3/c17-12(9-6-14-7-9)15-4-3-8-1-2-10-11(5-8)19-13(18)16-10/h1-2,5,9,14H,3-4,6-7H2,(H,15,17)(H,16,18). The Morgan fingerprint density at radius 1 is 1.42 bits per heavy atom. The molecule has 1 aromatic carbocycles. The number of fused-ring (bicyclic) bond motifs is 1. The van der Waals surface area contributed by atoms with Crippen LogP contribution in [0.3, 0.4) is 0 Å². The molecule has 0 radical (unpaired) electrons. The maximum atomic E-state index is 11.6. The minimum atomic E-state index is -0.446. The van der Waals surface area contributed by atoms with E-state index < -0.39 is 5.76 Å². The van der Waals surface area contributed by atoms with Gasteiger partial charge in [-0.25, -0.2) is 4.79 Å². The van der Waals surface area contributed by atoms with Crippen molar-refractivity contribution in [3.8, 4) is 0 Å². The maximum absolute atomic E-state index is 11.6. The molecular weight excluding hydrogens is 246 g/mol. The highest BCUT2D eigenvalue weighted by atomic mass is 16.4. The molecule has 3 rings (SSSR count). The predicted octanol–water partition coefficient (Wildman–Crippen LogP) is -0.000800. The first kappa shape index (κ1) is 12.0. The average molecular weight is 261 g/mol. The number of carbonyl (C=O) groups is 1. The van der Waals surface area contributed by atoms with Crippen LogP contribution in [-0.2, 0) is 11.2 Å². The Kier molecular flexibility index (Phi) is 3.08. The number of H-pyrrole nitrogens is 1. The summed E-state index contributed by atoms with van der Waals surface area (Å²) < 4.78 is 4.99. The summed E-state index contributed by atoms with van der Waals surface area (Å²) >= 11 is 0. The van der Waals surface area contributed by atoms with Crippen LogP contribution < -0.4 is 16.4 Å². The van der Waals surface area contributed by atoms with E-state index in [1.165, 1.54) is 0 Å². The number of aromatic nitrogens is 1. The zero-order valence-corrected chi connectivity index (χ0v) is 10.4. The highest BCUT2D eigenvalue weighted by molar-refractivity contribution is 5.80. The lowest BCUT2D eigenvalue weighted by Crippen LogP contribution is -2.51. The maximum Gasteiger partial charge on any atom is 0.417 e. The van der Waals surface area contributed by atoms with E-state index in [-0.39, 0.29) is 11.8 Å². The Balaban J connectivity index is 1.58. The second-order valence-corrected chi connectivity index (χ2v) is 4.74. The van der Waals surface area contributed by atoms with Crippen LogP contribution >= 0.6 is 0 Å². The molecule has 2 aromatic rings. The van der Waals surface area contributed by atoms with E-state index >= 15 is 0 Å². The molecule has 1 aromatic heterocycles. The monoisotopic (exact) mass is 261 g/mol. The summed E-state index contributed by atoms with van der Waals surface area (Å²) in [5.41, 5.74) is 2.28. The van der Waals surface area contributed by atoms with Crippen LogP contribution in [0.2, 0.25) is 0 Å². The van der Waals surface area contributed by atoms with Crippen molar-refractivity contribution in [1.29, 1.82) is 0 Å². The lowest BCUT2D eigenvalue weighted by Gasteiger charge is -2.25. The molecule has 0 atom stereocenters. The summed E-state index contributed by atoms with van der Waals surface area (Å²) in [6, 6.07) is 5.56. The Labute approximate surface area is 109 Å². The van der Waals surface area contributed by atoms with Crippen LogP contribution in [0.25, 0.3) is 11.1 Å². The molecule has 3 N–H and O–H groups in total. The van der Waals surface area contributed by atoms with Crippen LogP contribution in [0.4, 0.5) is 0 Å². The molecule has 1 aliphatic rings. The molecule has 1 aliphatic heterocycles. The molecule has 1 amide bonds. The van der Waals surface area contributed by atoms with E-state index in [0.29, 0.717) is 17.6 Å². The Morgan fingerprint density at radius 2 is 2.26 bits per heavy atom. The number of rotatable bonds is 4. The summed E-state index contributed by atoms with van der Waals surface area (Å²) in [5.74, 6) is -0.226. The van der Waals surface area contributed by atoms with E-state index in [0.717, 1.165) is 25.1 Å². The summed E-state index contributed by atoms with van der Waals surface area (Å²) in [4.78, 5) is 25.2. The number of carbonyl (C=O) groups excluding carboxylic acids is 1. The Hall–Kier alpha value is -2.08.